The standard InChI is InChI=1S/C44H86O2/c1-3-5-7-9-11-13-15-17-19-21-23-25-27-29-31-33-35-37-39-41-43-46-44(45)42-40-38-36-34-32-30-28-26-24-22-20-18-16-14-12-10-8-6-4-2/h18,20H,3-17,19,21-43H2,1-2H3. The van der Waals surface area contributed by atoms with E-state index in [0.717, 1.165) is 12.8 Å². The second kappa shape index (κ2) is 42.2. The summed E-state index contributed by atoms with van der Waals surface area (Å²) in [5.74, 6) is 0.0267. The van der Waals surface area contributed by atoms with Crippen molar-refractivity contribution in [2.45, 2.75) is 258 Å². The number of ether oxygens (including phenoxy) is 1. The summed E-state index contributed by atoms with van der Waals surface area (Å²) in [6.07, 6.45) is 56.0. The molecule has 0 N–H and O–H groups in total. The topological polar surface area (TPSA) is 26.3 Å². The molecule has 0 aromatic heterocycles. The number of esters is 1. The molecule has 274 valence electrons. The van der Waals surface area contributed by atoms with Crippen LogP contribution >= 0.6 is 0 Å². The number of hydrogen-bond acceptors (Lipinski definition) is 2. The summed E-state index contributed by atoms with van der Waals surface area (Å²) in [5.41, 5.74) is 0. The van der Waals surface area contributed by atoms with Gasteiger partial charge in [0.2, 0.25) is 0 Å². The van der Waals surface area contributed by atoms with Crippen LogP contribution in [0.25, 0.3) is 0 Å². The summed E-state index contributed by atoms with van der Waals surface area (Å²) in [7, 11) is 0. The van der Waals surface area contributed by atoms with Gasteiger partial charge >= 0.3 is 5.97 Å². The zero-order valence-electron chi connectivity index (χ0n) is 32.0. The molecule has 2 nitrogen and oxygen atoms in total. The molecule has 0 aliphatic carbocycles. The molecule has 0 rings (SSSR count). The summed E-state index contributed by atoms with van der Waals surface area (Å²) in [6.45, 7) is 5.22. The Kier molecular flexibility index (Phi) is 41.5. The van der Waals surface area contributed by atoms with Gasteiger partial charge in [-0.2, -0.15) is 0 Å². The molecule has 0 aromatic carbocycles. The first-order valence-corrected chi connectivity index (χ1v) is 21.6. The number of carbonyl (C=O) groups is 1. The van der Waals surface area contributed by atoms with E-state index in [1.807, 2.05) is 0 Å². The van der Waals surface area contributed by atoms with Crippen molar-refractivity contribution < 1.29 is 9.53 Å². The van der Waals surface area contributed by atoms with Crippen molar-refractivity contribution in [2.75, 3.05) is 6.61 Å². The van der Waals surface area contributed by atoms with Crippen LogP contribution in [0.4, 0.5) is 0 Å². The zero-order chi connectivity index (χ0) is 33.3. The number of allylic oxidation sites excluding steroid dienone is 2. The Labute approximate surface area is 291 Å². The quantitative estimate of drug-likeness (QED) is 0.0376. The molecule has 0 amide bonds. The monoisotopic (exact) mass is 647 g/mol. The fourth-order valence-corrected chi connectivity index (χ4v) is 6.66. The van der Waals surface area contributed by atoms with Crippen LogP contribution in [0.5, 0.6) is 0 Å². The molecule has 0 fully saturated rings. The number of hydrogen-bond donors (Lipinski definition) is 0. The fourth-order valence-electron chi connectivity index (χ4n) is 6.66. The Bertz CT molecular complexity index is 582. The van der Waals surface area contributed by atoms with Gasteiger partial charge in [-0.15, -0.1) is 0 Å². The lowest BCUT2D eigenvalue weighted by atomic mass is 10.0. The Hall–Kier alpha value is -0.790. The first-order chi connectivity index (χ1) is 22.8. The first kappa shape index (κ1) is 45.2. The molecule has 2 heteroatoms. The smallest absolute Gasteiger partial charge is 0.305 e. The first-order valence-electron chi connectivity index (χ1n) is 21.6. The van der Waals surface area contributed by atoms with Crippen LogP contribution in [0.3, 0.4) is 0 Å². The second-order valence-electron chi connectivity index (χ2n) is 14.7. The van der Waals surface area contributed by atoms with E-state index < -0.39 is 0 Å². The SMILES string of the molecule is CCCCCCCCC=CCCCCCCCCCCCC(=O)OCCCCCCCCCCCCCCCCCCCCCC. The Morgan fingerprint density at radius 1 is 0.348 bits per heavy atom. The molecule has 0 bridgehead atoms. The van der Waals surface area contributed by atoms with Gasteiger partial charge in [0.15, 0.2) is 0 Å². The maximum atomic E-state index is 12.0. The third kappa shape index (κ3) is 41.2. The predicted octanol–water partition coefficient (Wildman–Crippen LogP) is 15.9. The Morgan fingerprint density at radius 2 is 0.609 bits per heavy atom. The zero-order valence-corrected chi connectivity index (χ0v) is 32.0. The highest BCUT2D eigenvalue weighted by atomic mass is 16.5. The fraction of sp³-hybridized carbons (Fsp3) is 0.932. The van der Waals surface area contributed by atoms with E-state index in [2.05, 4.69) is 26.0 Å². The summed E-state index contributed by atoms with van der Waals surface area (Å²) in [6, 6.07) is 0. The van der Waals surface area contributed by atoms with Gasteiger partial charge in [-0.25, -0.2) is 0 Å². The number of unbranched alkanes of at least 4 members (excludes halogenated alkanes) is 34. The minimum Gasteiger partial charge on any atom is -0.466 e. The molecule has 0 saturated heterocycles. The van der Waals surface area contributed by atoms with E-state index >= 15 is 0 Å². The average molecular weight is 647 g/mol. The molecule has 0 saturated carbocycles. The van der Waals surface area contributed by atoms with Crippen LogP contribution in [-0.2, 0) is 9.53 Å². The van der Waals surface area contributed by atoms with Crippen molar-refractivity contribution in [1.29, 1.82) is 0 Å². The Morgan fingerprint density at radius 3 is 0.935 bits per heavy atom. The molecule has 0 spiro atoms. The normalized spacial score (nSPS) is 11.6. The van der Waals surface area contributed by atoms with Crippen LogP contribution in [0, 0.1) is 0 Å². The Balaban J connectivity index is 3.17. The lowest BCUT2D eigenvalue weighted by molar-refractivity contribution is -0.143. The van der Waals surface area contributed by atoms with Crippen LogP contribution in [0.1, 0.15) is 258 Å². The van der Waals surface area contributed by atoms with Crippen molar-refractivity contribution >= 4 is 5.97 Å². The van der Waals surface area contributed by atoms with Gasteiger partial charge in [0.05, 0.1) is 6.61 Å². The molecule has 0 atom stereocenters. The highest BCUT2D eigenvalue weighted by Crippen LogP contribution is 2.16. The molecule has 0 heterocycles. The summed E-state index contributed by atoms with van der Waals surface area (Å²) in [4.78, 5) is 12.0. The van der Waals surface area contributed by atoms with Crippen molar-refractivity contribution in [3.05, 3.63) is 12.2 Å². The summed E-state index contributed by atoms with van der Waals surface area (Å²) in [5, 5.41) is 0. The summed E-state index contributed by atoms with van der Waals surface area (Å²) >= 11 is 0. The highest BCUT2D eigenvalue weighted by molar-refractivity contribution is 5.69. The molecule has 0 radical (unpaired) electrons. The molecule has 0 aliphatic rings. The van der Waals surface area contributed by atoms with Gasteiger partial charge in [0.1, 0.15) is 0 Å². The second-order valence-corrected chi connectivity index (χ2v) is 14.7. The number of rotatable bonds is 40. The van der Waals surface area contributed by atoms with Crippen molar-refractivity contribution in [2.24, 2.45) is 0 Å². The van der Waals surface area contributed by atoms with Crippen LogP contribution < -0.4 is 0 Å². The van der Waals surface area contributed by atoms with Gasteiger partial charge in [0, 0.05) is 6.42 Å². The van der Waals surface area contributed by atoms with Gasteiger partial charge in [0.25, 0.3) is 0 Å². The maximum absolute atomic E-state index is 12.0. The van der Waals surface area contributed by atoms with Gasteiger partial charge in [-0.1, -0.05) is 225 Å². The maximum Gasteiger partial charge on any atom is 0.305 e. The van der Waals surface area contributed by atoms with E-state index in [1.165, 1.54) is 225 Å². The van der Waals surface area contributed by atoms with E-state index in [9.17, 15) is 4.79 Å². The van der Waals surface area contributed by atoms with Gasteiger partial charge < -0.3 is 4.74 Å². The minimum absolute atomic E-state index is 0.0267. The predicted molar refractivity (Wildman–Crippen MR) is 207 cm³/mol. The third-order valence-electron chi connectivity index (χ3n) is 9.90. The van der Waals surface area contributed by atoms with Crippen molar-refractivity contribution in [3.63, 3.8) is 0 Å². The lowest BCUT2D eigenvalue weighted by Gasteiger charge is -2.06. The molecular formula is C44H86O2. The van der Waals surface area contributed by atoms with Crippen molar-refractivity contribution in [3.8, 4) is 0 Å². The van der Waals surface area contributed by atoms with E-state index in [4.69, 9.17) is 4.74 Å². The number of carbonyl (C=O) groups excluding carboxylic acids is 1. The van der Waals surface area contributed by atoms with E-state index in [1.54, 1.807) is 0 Å². The van der Waals surface area contributed by atoms with E-state index in [-0.39, 0.29) is 5.97 Å². The lowest BCUT2D eigenvalue weighted by Crippen LogP contribution is -2.05. The molecule has 46 heavy (non-hydrogen) atoms. The average Bonchev–Trinajstić information content (AvgIpc) is 3.06. The van der Waals surface area contributed by atoms with Gasteiger partial charge in [-0.3, -0.25) is 4.79 Å². The molecular weight excluding hydrogens is 560 g/mol. The largest absolute Gasteiger partial charge is 0.466 e. The van der Waals surface area contributed by atoms with Crippen molar-refractivity contribution in [1.82, 2.24) is 0 Å². The molecule has 0 unspecified atom stereocenters. The molecule has 0 aliphatic heterocycles. The summed E-state index contributed by atoms with van der Waals surface area (Å²) < 4.78 is 5.47. The van der Waals surface area contributed by atoms with E-state index in [0.29, 0.717) is 13.0 Å². The highest BCUT2D eigenvalue weighted by Gasteiger charge is 2.03. The minimum atomic E-state index is 0.0267. The third-order valence-corrected chi connectivity index (χ3v) is 9.90. The van der Waals surface area contributed by atoms with Crippen LogP contribution in [0.2, 0.25) is 0 Å². The van der Waals surface area contributed by atoms with Crippen LogP contribution in [0.15, 0.2) is 12.2 Å². The van der Waals surface area contributed by atoms with Gasteiger partial charge in [-0.05, 0) is 38.5 Å². The van der Waals surface area contributed by atoms with Crippen LogP contribution in [-0.4, -0.2) is 12.6 Å². The molecule has 0 aromatic rings.